The molecule has 1 fully saturated rings. The summed E-state index contributed by atoms with van der Waals surface area (Å²) in [6.45, 7) is 18.7. The standard InChI is InChI=1S/C20H41NO4Si/c1-14(21-18(23)24-19(2,3)4)17(22)15-10-12-16(13-11-15)25-26(8,9)20(5,6)7/h14-17,22H,10-13H2,1-9H3,(H,21,23). The summed E-state index contributed by atoms with van der Waals surface area (Å²) in [7, 11) is -1.74. The quantitative estimate of drug-likeness (QED) is 0.662. The van der Waals surface area contributed by atoms with Crippen molar-refractivity contribution < 1.29 is 19.1 Å². The monoisotopic (exact) mass is 387 g/mol. The average Bonchev–Trinajstić information content (AvgIpc) is 2.43. The smallest absolute Gasteiger partial charge is 0.407 e. The molecule has 0 radical (unpaired) electrons. The van der Waals surface area contributed by atoms with Crippen LogP contribution in [-0.4, -0.2) is 43.4 Å². The Bertz CT molecular complexity index is 459. The van der Waals surface area contributed by atoms with E-state index in [0.717, 1.165) is 25.7 Å². The molecular weight excluding hydrogens is 346 g/mol. The molecule has 0 spiro atoms. The fraction of sp³-hybridized carbons (Fsp3) is 0.950. The second kappa shape index (κ2) is 8.61. The maximum absolute atomic E-state index is 11.9. The van der Waals surface area contributed by atoms with Gasteiger partial charge in [-0.3, -0.25) is 0 Å². The topological polar surface area (TPSA) is 67.8 Å². The van der Waals surface area contributed by atoms with Crippen molar-refractivity contribution in [1.29, 1.82) is 0 Å². The number of carbonyl (C=O) groups excluding carboxylic acids is 1. The van der Waals surface area contributed by atoms with E-state index in [0.29, 0.717) is 6.10 Å². The fourth-order valence-electron chi connectivity index (χ4n) is 3.13. The number of carbonyl (C=O) groups is 1. The summed E-state index contributed by atoms with van der Waals surface area (Å²) < 4.78 is 11.8. The van der Waals surface area contributed by atoms with Gasteiger partial charge in [0, 0.05) is 6.10 Å². The number of rotatable bonds is 5. The van der Waals surface area contributed by atoms with E-state index in [4.69, 9.17) is 9.16 Å². The second-order valence-electron chi connectivity index (χ2n) is 10.3. The number of amides is 1. The maximum Gasteiger partial charge on any atom is 0.407 e. The zero-order valence-electron chi connectivity index (χ0n) is 18.3. The summed E-state index contributed by atoms with van der Waals surface area (Å²) in [4.78, 5) is 11.9. The zero-order valence-corrected chi connectivity index (χ0v) is 19.3. The van der Waals surface area contributed by atoms with Gasteiger partial charge in [0.25, 0.3) is 0 Å². The molecule has 1 rings (SSSR count). The molecule has 0 heterocycles. The molecular formula is C20H41NO4Si. The highest BCUT2D eigenvalue weighted by atomic mass is 28.4. The van der Waals surface area contributed by atoms with Crippen molar-refractivity contribution in [1.82, 2.24) is 5.32 Å². The summed E-state index contributed by atoms with van der Waals surface area (Å²) in [6.07, 6.45) is 3.09. The SMILES string of the molecule is CC(NC(=O)OC(C)(C)C)C(O)C1CCC(O[Si](C)(C)C(C)(C)C)CC1. The Labute approximate surface area is 161 Å². The van der Waals surface area contributed by atoms with Crippen molar-refractivity contribution in [2.45, 2.75) is 116 Å². The first-order valence-corrected chi connectivity index (χ1v) is 12.9. The van der Waals surface area contributed by atoms with Gasteiger partial charge < -0.3 is 19.6 Å². The van der Waals surface area contributed by atoms with Crippen LogP contribution in [0.1, 0.15) is 74.1 Å². The summed E-state index contributed by atoms with van der Waals surface area (Å²) in [5.41, 5.74) is -0.534. The van der Waals surface area contributed by atoms with Crippen LogP contribution in [0, 0.1) is 5.92 Å². The van der Waals surface area contributed by atoms with E-state index in [2.05, 4.69) is 39.2 Å². The highest BCUT2D eigenvalue weighted by Gasteiger charge is 2.40. The van der Waals surface area contributed by atoms with Gasteiger partial charge in [-0.2, -0.15) is 0 Å². The minimum Gasteiger partial charge on any atom is -0.444 e. The molecule has 154 valence electrons. The van der Waals surface area contributed by atoms with Crippen LogP contribution in [-0.2, 0) is 9.16 Å². The highest BCUT2D eigenvalue weighted by molar-refractivity contribution is 6.74. The molecule has 1 amide bonds. The molecule has 2 unspecified atom stereocenters. The number of aliphatic hydroxyl groups excluding tert-OH is 1. The molecule has 1 saturated carbocycles. The van der Waals surface area contributed by atoms with Crippen molar-refractivity contribution >= 4 is 14.4 Å². The second-order valence-corrected chi connectivity index (χ2v) is 15.1. The Morgan fingerprint density at radius 1 is 1.08 bits per heavy atom. The molecule has 2 N–H and O–H groups in total. The molecule has 26 heavy (non-hydrogen) atoms. The van der Waals surface area contributed by atoms with Gasteiger partial charge in [-0.05, 0) is 77.4 Å². The van der Waals surface area contributed by atoms with E-state index >= 15 is 0 Å². The lowest BCUT2D eigenvalue weighted by atomic mass is 9.82. The Balaban J connectivity index is 2.48. The third-order valence-electron chi connectivity index (χ3n) is 5.73. The van der Waals surface area contributed by atoms with Gasteiger partial charge in [0.15, 0.2) is 8.32 Å². The van der Waals surface area contributed by atoms with Gasteiger partial charge in [-0.15, -0.1) is 0 Å². The molecule has 0 bridgehead atoms. The third kappa shape index (κ3) is 7.20. The number of hydrogen-bond acceptors (Lipinski definition) is 4. The molecule has 6 heteroatoms. The molecule has 1 aliphatic carbocycles. The molecule has 0 aromatic heterocycles. The molecule has 2 atom stereocenters. The van der Waals surface area contributed by atoms with Gasteiger partial charge >= 0.3 is 6.09 Å². The lowest BCUT2D eigenvalue weighted by molar-refractivity contribution is 0.0163. The molecule has 0 aromatic rings. The van der Waals surface area contributed by atoms with Crippen LogP contribution < -0.4 is 5.32 Å². The van der Waals surface area contributed by atoms with Crippen LogP contribution in [0.15, 0.2) is 0 Å². The highest BCUT2D eigenvalue weighted by Crippen LogP contribution is 2.40. The normalized spacial score (nSPS) is 24.7. The summed E-state index contributed by atoms with van der Waals surface area (Å²) in [6, 6.07) is -0.326. The first-order chi connectivity index (χ1) is 11.6. The van der Waals surface area contributed by atoms with Crippen molar-refractivity contribution in [3.63, 3.8) is 0 Å². The van der Waals surface area contributed by atoms with Crippen molar-refractivity contribution in [3.05, 3.63) is 0 Å². The van der Waals surface area contributed by atoms with Crippen LogP contribution in [0.3, 0.4) is 0 Å². The number of aliphatic hydroxyl groups is 1. The zero-order chi connectivity index (χ0) is 20.3. The number of alkyl carbamates (subject to hydrolysis) is 1. The molecule has 1 aliphatic rings. The van der Waals surface area contributed by atoms with Crippen LogP contribution in [0.5, 0.6) is 0 Å². The van der Waals surface area contributed by atoms with Gasteiger partial charge in [0.2, 0.25) is 0 Å². The Morgan fingerprint density at radius 3 is 2.00 bits per heavy atom. The van der Waals surface area contributed by atoms with E-state index in [-0.39, 0.29) is 17.0 Å². The Hall–Kier alpha value is -0.593. The Kier molecular flexibility index (Phi) is 7.77. The molecule has 0 aromatic carbocycles. The van der Waals surface area contributed by atoms with Crippen LogP contribution in [0.4, 0.5) is 4.79 Å². The van der Waals surface area contributed by atoms with E-state index < -0.39 is 26.1 Å². The average molecular weight is 388 g/mol. The number of ether oxygens (including phenoxy) is 1. The lowest BCUT2D eigenvalue weighted by Crippen LogP contribution is -2.48. The summed E-state index contributed by atoms with van der Waals surface area (Å²) >= 11 is 0. The van der Waals surface area contributed by atoms with Crippen LogP contribution >= 0.6 is 0 Å². The molecule has 0 saturated heterocycles. The largest absolute Gasteiger partial charge is 0.444 e. The van der Waals surface area contributed by atoms with Gasteiger partial charge in [0.05, 0.1) is 12.1 Å². The lowest BCUT2D eigenvalue weighted by Gasteiger charge is -2.42. The predicted octanol–water partition coefficient (Wildman–Crippen LogP) is 4.84. The van der Waals surface area contributed by atoms with Gasteiger partial charge in [0.1, 0.15) is 5.60 Å². The maximum atomic E-state index is 11.9. The van der Waals surface area contributed by atoms with E-state index in [1.54, 1.807) is 0 Å². The van der Waals surface area contributed by atoms with Gasteiger partial charge in [-0.1, -0.05) is 20.8 Å². The van der Waals surface area contributed by atoms with E-state index in [1.807, 2.05) is 27.7 Å². The van der Waals surface area contributed by atoms with E-state index in [9.17, 15) is 9.90 Å². The Morgan fingerprint density at radius 2 is 1.58 bits per heavy atom. The number of hydrogen-bond donors (Lipinski definition) is 2. The van der Waals surface area contributed by atoms with Crippen molar-refractivity contribution in [3.8, 4) is 0 Å². The minimum absolute atomic E-state index is 0.194. The fourth-order valence-corrected chi connectivity index (χ4v) is 4.55. The number of nitrogens with one attached hydrogen (secondary N) is 1. The molecule has 5 nitrogen and oxygen atoms in total. The first-order valence-electron chi connectivity index (χ1n) is 9.98. The summed E-state index contributed by atoms with van der Waals surface area (Å²) in [5, 5.41) is 13.6. The van der Waals surface area contributed by atoms with Crippen molar-refractivity contribution in [2.24, 2.45) is 5.92 Å². The van der Waals surface area contributed by atoms with Crippen molar-refractivity contribution in [2.75, 3.05) is 0 Å². The van der Waals surface area contributed by atoms with E-state index in [1.165, 1.54) is 0 Å². The van der Waals surface area contributed by atoms with Crippen LogP contribution in [0.2, 0.25) is 18.1 Å². The van der Waals surface area contributed by atoms with Crippen LogP contribution in [0.25, 0.3) is 0 Å². The summed E-state index contributed by atoms with van der Waals surface area (Å²) in [5.74, 6) is 0.194. The third-order valence-corrected chi connectivity index (χ3v) is 10.3. The molecule has 0 aliphatic heterocycles. The minimum atomic E-state index is -1.74. The first kappa shape index (κ1) is 23.4. The van der Waals surface area contributed by atoms with Gasteiger partial charge in [-0.25, -0.2) is 4.79 Å². The predicted molar refractivity (Wildman–Crippen MR) is 109 cm³/mol.